The average Bonchev–Trinajstić information content (AvgIpc) is 3.06. The van der Waals surface area contributed by atoms with Crippen LogP contribution in [0.1, 0.15) is 11.3 Å². The van der Waals surface area contributed by atoms with Gasteiger partial charge in [-0.1, -0.05) is 24.3 Å². The molecule has 2 aromatic heterocycles. The summed E-state index contributed by atoms with van der Waals surface area (Å²) in [4.78, 5) is 9.46. The Kier molecular flexibility index (Phi) is 4.76. The molecular formula is C20H25N5. The minimum absolute atomic E-state index is 0.600. The molecule has 1 fully saturated rings. The van der Waals surface area contributed by atoms with Crippen LogP contribution in [-0.2, 0) is 13.0 Å². The summed E-state index contributed by atoms with van der Waals surface area (Å²) < 4.78 is 0. The maximum absolute atomic E-state index is 4.46. The van der Waals surface area contributed by atoms with Crippen molar-refractivity contribution in [2.75, 3.05) is 33.2 Å². The number of pyridine rings is 1. The predicted molar refractivity (Wildman–Crippen MR) is 100 cm³/mol. The molecule has 1 N–H and O–H groups in total. The number of fused-ring (bicyclic) bond motifs is 1. The highest BCUT2D eigenvalue weighted by Gasteiger charge is 2.22. The van der Waals surface area contributed by atoms with Gasteiger partial charge >= 0.3 is 0 Å². The molecule has 1 saturated heterocycles. The van der Waals surface area contributed by atoms with Gasteiger partial charge in [0.15, 0.2) is 0 Å². The number of hydrogen-bond donors (Lipinski definition) is 1. The number of hydrogen-bond acceptors (Lipinski definition) is 4. The van der Waals surface area contributed by atoms with Gasteiger partial charge in [-0.25, -0.2) is 0 Å². The Balaban J connectivity index is 1.53. The Morgan fingerprint density at radius 3 is 2.92 bits per heavy atom. The van der Waals surface area contributed by atoms with Crippen molar-refractivity contribution in [1.82, 2.24) is 25.0 Å². The summed E-state index contributed by atoms with van der Waals surface area (Å²) in [5.74, 6) is 0.600. The molecule has 4 rings (SSSR count). The van der Waals surface area contributed by atoms with Gasteiger partial charge in [0.1, 0.15) is 0 Å². The summed E-state index contributed by atoms with van der Waals surface area (Å²) in [7, 11) is 2.23. The second-order valence-electron chi connectivity index (χ2n) is 7.17. The summed E-state index contributed by atoms with van der Waals surface area (Å²) in [5.41, 5.74) is 2.55. The molecule has 5 nitrogen and oxygen atoms in total. The Bertz CT molecular complexity index is 809. The van der Waals surface area contributed by atoms with Gasteiger partial charge in [-0.15, -0.1) is 0 Å². The van der Waals surface area contributed by atoms with Crippen LogP contribution in [0.3, 0.4) is 0 Å². The number of likely N-dealkylation sites (N-methyl/N-ethyl adjacent to an activating group) is 1. The highest BCUT2D eigenvalue weighted by molar-refractivity contribution is 5.84. The van der Waals surface area contributed by atoms with Crippen molar-refractivity contribution in [3.05, 3.63) is 60.2 Å². The second kappa shape index (κ2) is 7.33. The Morgan fingerprint density at radius 1 is 1.12 bits per heavy atom. The first-order chi connectivity index (χ1) is 12.3. The minimum Gasteiger partial charge on any atom is -0.305 e. The Labute approximate surface area is 148 Å². The molecule has 0 amide bonds. The van der Waals surface area contributed by atoms with E-state index in [9.17, 15) is 0 Å². The lowest BCUT2D eigenvalue weighted by Gasteiger charge is -2.24. The third kappa shape index (κ3) is 3.89. The lowest BCUT2D eigenvalue weighted by molar-refractivity contribution is 0.246. The summed E-state index contributed by atoms with van der Waals surface area (Å²) in [6.07, 6.45) is 6.91. The number of nitrogens with zero attached hydrogens (tertiary/aromatic N) is 4. The molecule has 0 saturated carbocycles. The van der Waals surface area contributed by atoms with E-state index < -0.39 is 0 Å². The fourth-order valence-electron chi connectivity index (χ4n) is 3.90. The van der Waals surface area contributed by atoms with Gasteiger partial charge < -0.3 is 4.90 Å². The summed E-state index contributed by atoms with van der Waals surface area (Å²) in [5, 5.41) is 9.74. The third-order valence-corrected chi connectivity index (χ3v) is 5.10. The Morgan fingerprint density at radius 2 is 2.04 bits per heavy atom. The first-order valence-corrected chi connectivity index (χ1v) is 8.99. The first-order valence-electron chi connectivity index (χ1n) is 8.99. The van der Waals surface area contributed by atoms with Crippen molar-refractivity contribution in [2.45, 2.75) is 13.0 Å². The van der Waals surface area contributed by atoms with E-state index in [4.69, 9.17) is 0 Å². The zero-order valence-corrected chi connectivity index (χ0v) is 14.7. The highest BCUT2D eigenvalue weighted by Crippen LogP contribution is 2.22. The fourth-order valence-corrected chi connectivity index (χ4v) is 3.90. The topological polar surface area (TPSA) is 48.0 Å². The van der Waals surface area contributed by atoms with Crippen molar-refractivity contribution in [1.29, 1.82) is 0 Å². The van der Waals surface area contributed by atoms with Crippen LogP contribution in [0, 0.1) is 5.92 Å². The molecule has 5 heteroatoms. The lowest BCUT2D eigenvalue weighted by Crippen LogP contribution is -2.30. The quantitative estimate of drug-likeness (QED) is 0.796. The molecule has 1 aliphatic heterocycles. The highest BCUT2D eigenvalue weighted by atomic mass is 15.2. The molecular weight excluding hydrogens is 310 g/mol. The molecule has 1 atom stereocenters. The van der Waals surface area contributed by atoms with E-state index in [-0.39, 0.29) is 0 Å². The van der Waals surface area contributed by atoms with Crippen molar-refractivity contribution in [3.8, 4) is 0 Å². The number of aromatic amines is 1. The van der Waals surface area contributed by atoms with E-state index in [1.807, 2.05) is 18.6 Å². The van der Waals surface area contributed by atoms with Crippen LogP contribution in [-0.4, -0.2) is 58.2 Å². The molecule has 3 aromatic rings. The number of H-pyrrole nitrogens is 1. The SMILES string of the molecule is CN1CCN(Cc2ccn[nH]2)C[C@@H](Cc2cncc3ccccc23)C1. The maximum Gasteiger partial charge on any atom is 0.0492 e. The normalized spacial score (nSPS) is 20.0. The molecule has 1 aromatic carbocycles. The average molecular weight is 335 g/mol. The number of benzene rings is 1. The maximum atomic E-state index is 4.46. The van der Waals surface area contributed by atoms with E-state index in [2.05, 4.69) is 62.4 Å². The summed E-state index contributed by atoms with van der Waals surface area (Å²) >= 11 is 0. The van der Waals surface area contributed by atoms with Crippen LogP contribution >= 0.6 is 0 Å². The van der Waals surface area contributed by atoms with Crippen molar-refractivity contribution in [3.63, 3.8) is 0 Å². The van der Waals surface area contributed by atoms with Gasteiger partial charge in [-0.05, 0) is 36.4 Å². The largest absolute Gasteiger partial charge is 0.305 e. The molecule has 25 heavy (non-hydrogen) atoms. The zero-order valence-electron chi connectivity index (χ0n) is 14.7. The van der Waals surface area contributed by atoms with Crippen molar-refractivity contribution < 1.29 is 0 Å². The molecule has 0 aliphatic carbocycles. The molecule has 130 valence electrons. The fraction of sp³-hybridized carbons (Fsp3) is 0.400. The van der Waals surface area contributed by atoms with E-state index in [0.29, 0.717) is 5.92 Å². The van der Waals surface area contributed by atoms with Crippen molar-refractivity contribution in [2.24, 2.45) is 5.92 Å². The summed E-state index contributed by atoms with van der Waals surface area (Å²) in [6, 6.07) is 10.6. The molecule has 1 aliphatic rings. The number of nitrogens with one attached hydrogen (secondary N) is 1. The minimum atomic E-state index is 0.600. The molecule has 0 unspecified atom stereocenters. The zero-order chi connectivity index (χ0) is 17.1. The standard InChI is InChI=1S/C20H25N5/c1-24-8-9-25(15-19-6-7-22-23-19)14-16(13-24)10-18-12-21-11-17-4-2-3-5-20(17)18/h2-7,11-12,16H,8-10,13-15H2,1H3,(H,22,23)/t16-/m0/s1. The van der Waals surface area contributed by atoms with E-state index >= 15 is 0 Å². The van der Waals surface area contributed by atoms with E-state index in [1.165, 1.54) is 22.0 Å². The van der Waals surface area contributed by atoms with Gasteiger partial charge in [0.2, 0.25) is 0 Å². The molecule has 3 heterocycles. The number of rotatable bonds is 4. The summed E-state index contributed by atoms with van der Waals surface area (Å²) in [6.45, 7) is 5.38. The van der Waals surface area contributed by atoms with E-state index in [1.54, 1.807) is 0 Å². The monoisotopic (exact) mass is 335 g/mol. The van der Waals surface area contributed by atoms with Crippen LogP contribution in [0.15, 0.2) is 48.9 Å². The van der Waals surface area contributed by atoms with Gasteiger partial charge in [0.25, 0.3) is 0 Å². The van der Waals surface area contributed by atoms with Gasteiger partial charge in [0.05, 0.1) is 0 Å². The van der Waals surface area contributed by atoms with Gasteiger partial charge in [-0.2, -0.15) is 5.10 Å². The van der Waals surface area contributed by atoms with Crippen LogP contribution < -0.4 is 0 Å². The molecule has 0 radical (unpaired) electrons. The number of aromatic nitrogens is 3. The molecule has 0 bridgehead atoms. The molecule has 0 spiro atoms. The predicted octanol–water partition coefficient (Wildman–Crippen LogP) is 2.56. The van der Waals surface area contributed by atoms with Crippen molar-refractivity contribution >= 4 is 10.8 Å². The van der Waals surface area contributed by atoms with Crippen LogP contribution in [0.25, 0.3) is 10.8 Å². The smallest absolute Gasteiger partial charge is 0.0492 e. The van der Waals surface area contributed by atoms with E-state index in [0.717, 1.165) is 39.1 Å². The Hall–Kier alpha value is -2.24. The first kappa shape index (κ1) is 16.2. The lowest BCUT2D eigenvalue weighted by atomic mass is 9.96. The van der Waals surface area contributed by atoms with Crippen LogP contribution in [0.5, 0.6) is 0 Å². The van der Waals surface area contributed by atoms with Gasteiger partial charge in [0, 0.05) is 62.4 Å². The van der Waals surface area contributed by atoms with Gasteiger partial charge in [-0.3, -0.25) is 15.0 Å². The second-order valence-corrected chi connectivity index (χ2v) is 7.17. The van der Waals surface area contributed by atoms with Crippen LogP contribution in [0.2, 0.25) is 0 Å². The third-order valence-electron chi connectivity index (χ3n) is 5.10. The van der Waals surface area contributed by atoms with Crippen LogP contribution in [0.4, 0.5) is 0 Å².